The number of pyridine rings is 1. The van der Waals surface area contributed by atoms with Crippen LogP contribution >= 0.6 is 15.9 Å². The highest BCUT2D eigenvalue weighted by Gasteiger charge is 2.10. The van der Waals surface area contributed by atoms with E-state index in [0.717, 1.165) is 26.5 Å². The second-order valence-electron chi connectivity index (χ2n) is 4.65. The molecule has 1 N–H and O–H groups in total. The van der Waals surface area contributed by atoms with Crippen molar-refractivity contribution in [2.45, 2.75) is 0 Å². The van der Waals surface area contributed by atoms with Crippen LogP contribution in [-0.4, -0.2) is 17.1 Å². The lowest BCUT2D eigenvalue weighted by atomic mass is 10.1. The van der Waals surface area contributed by atoms with Crippen molar-refractivity contribution in [2.75, 3.05) is 7.11 Å². The maximum Gasteiger partial charge on any atom is 0.197 e. The monoisotopic (exact) mass is 353 g/mol. The molecule has 0 atom stereocenters. The number of halogens is 1. The molecule has 2 aromatic heterocycles. The summed E-state index contributed by atoms with van der Waals surface area (Å²) in [4.78, 5) is 11.0. The number of rotatable bonds is 3. The van der Waals surface area contributed by atoms with Crippen molar-refractivity contribution in [1.29, 1.82) is 0 Å². The molecule has 0 spiro atoms. The molecule has 0 amide bonds. The molecule has 0 aliphatic rings. The number of methoxy groups -OCH3 is 1. The highest BCUT2D eigenvalue weighted by molar-refractivity contribution is 9.10. The minimum absolute atomic E-state index is 0.542. The van der Waals surface area contributed by atoms with Crippen LogP contribution < -0.4 is 4.74 Å². The smallest absolute Gasteiger partial charge is 0.197 e. The molecule has 1 aromatic carbocycles. The molecular weight excluding hydrogens is 342 g/mol. The summed E-state index contributed by atoms with van der Waals surface area (Å²) >= 11 is 3.45. The zero-order valence-corrected chi connectivity index (χ0v) is 13.4. The van der Waals surface area contributed by atoms with Gasteiger partial charge in [0.25, 0.3) is 0 Å². The molecule has 2 heterocycles. The Kier molecular flexibility index (Phi) is 3.94. The van der Waals surface area contributed by atoms with Crippen molar-refractivity contribution in [3.05, 3.63) is 69.9 Å². The normalized spacial score (nSPS) is 11.4. The highest BCUT2D eigenvalue weighted by Crippen LogP contribution is 2.30. The summed E-state index contributed by atoms with van der Waals surface area (Å²) in [5, 5.41) is 1.01. The first-order valence-electron chi connectivity index (χ1n) is 6.57. The third-order valence-electron chi connectivity index (χ3n) is 3.36. The molecule has 0 aliphatic carbocycles. The maximum absolute atomic E-state index is 7.50. The van der Waals surface area contributed by atoms with E-state index in [-0.39, 0.29) is 0 Å². The molecule has 0 aliphatic heterocycles. The van der Waals surface area contributed by atoms with Gasteiger partial charge in [-0.05, 0) is 35.9 Å². The van der Waals surface area contributed by atoms with Gasteiger partial charge in [-0.3, -0.25) is 4.98 Å². The van der Waals surface area contributed by atoms with E-state index in [1.165, 1.54) is 0 Å². The average Bonchev–Trinajstić information content (AvgIpc) is 2.95. The molecule has 0 radical (unpaired) electrons. The molecule has 0 bridgehead atoms. The van der Waals surface area contributed by atoms with Gasteiger partial charge in [0.2, 0.25) is 0 Å². The number of aromatic nitrogens is 2. The van der Waals surface area contributed by atoms with Crippen molar-refractivity contribution in [3.63, 3.8) is 0 Å². The van der Waals surface area contributed by atoms with Crippen molar-refractivity contribution >= 4 is 38.6 Å². The van der Waals surface area contributed by atoms with Gasteiger partial charge in [-0.15, -0.1) is 0 Å². The molecular formula is C17H12BrN3O. The fraction of sp³-hybridized carbons (Fsp3) is 0.0588. The first-order valence-corrected chi connectivity index (χ1v) is 7.36. The average molecular weight is 354 g/mol. The molecule has 0 saturated carbocycles. The lowest BCUT2D eigenvalue weighted by molar-refractivity contribution is 0.413. The summed E-state index contributed by atoms with van der Waals surface area (Å²) in [6.07, 6.45) is 7.00. The van der Waals surface area contributed by atoms with Gasteiger partial charge in [-0.25, -0.2) is 4.85 Å². The summed E-state index contributed by atoms with van der Waals surface area (Å²) < 4.78 is 6.31. The quantitative estimate of drug-likeness (QED) is 0.690. The maximum atomic E-state index is 7.50. The van der Waals surface area contributed by atoms with Crippen LogP contribution in [0.3, 0.4) is 0 Å². The number of ether oxygens (including phenoxy) is 1. The van der Waals surface area contributed by atoms with Crippen molar-refractivity contribution in [3.8, 4) is 5.75 Å². The van der Waals surface area contributed by atoms with Gasteiger partial charge in [0.05, 0.1) is 13.7 Å². The van der Waals surface area contributed by atoms with Crippen LogP contribution in [-0.2, 0) is 0 Å². The zero-order valence-electron chi connectivity index (χ0n) is 11.8. The standard InChI is InChI=1S/C17H12BrN3O/c1-19-15(7-11-9-20-6-5-17(11)22-2)14-10-21-16-8-12(18)3-4-13(14)16/h3-10,21H,2H3/b15-7-. The number of hydrogen-bond donors (Lipinski definition) is 1. The van der Waals surface area contributed by atoms with Crippen molar-refractivity contribution in [2.24, 2.45) is 0 Å². The highest BCUT2D eigenvalue weighted by atomic mass is 79.9. The molecule has 108 valence electrons. The predicted octanol–water partition coefficient (Wildman–Crippen LogP) is 4.75. The van der Waals surface area contributed by atoms with Gasteiger partial charge in [-0.1, -0.05) is 22.0 Å². The van der Waals surface area contributed by atoms with E-state index in [1.54, 1.807) is 31.6 Å². The van der Waals surface area contributed by atoms with E-state index >= 15 is 0 Å². The molecule has 5 heteroatoms. The van der Waals surface area contributed by atoms with Gasteiger partial charge in [0.1, 0.15) is 5.75 Å². The number of H-pyrrole nitrogens is 1. The number of nitrogens with zero attached hydrogens (tertiary/aromatic N) is 2. The van der Waals surface area contributed by atoms with Crippen LogP contribution in [0.15, 0.2) is 47.3 Å². The lowest BCUT2D eigenvalue weighted by Gasteiger charge is -2.04. The van der Waals surface area contributed by atoms with Crippen LogP contribution in [0.25, 0.3) is 27.5 Å². The number of nitrogens with one attached hydrogen (secondary N) is 1. The largest absolute Gasteiger partial charge is 0.496 e. The van der Waals surface area contributed by atoms with Gasteiger partial charge in [-0.2, -0.15) is 0 Å². The van der Waals surface area contributed by atoms with Gasteiger partial charge in [0, 0.05) is 33.5 Å². The van der Waals surface area contributed by atoms with E-state index in [9.17, 15) is 0 Å². The Morgan fingerprint density at radius 2 is 2.27 bits per heavy atom. The fourth-order valence-corrected chi connectivity index (χ4v) is 2.68. The lowest BCUT2D eigenvalue weighted by Crippen LogP contribution is -1.88. The Hall–Kier alpha value is -2.58. The second kappa shape index (κ2) is 6.04. The van der Waals surface area contributed by atoms with Crippen LogP contribution in [0.5, 0.6) is 5.75 Å². The third kappa shape index (κ3) is 2.61. The van der Waals surface area contributed by atoms with Crippen molar-refractivity contribution in [1.82, 2.24) is 9.97 Å². The molecule has 4 nitrogen and oxygen atoms in total. The van der Waals surface area contributed by atoms with E-state index < -0.39 is 0 Å². The van der Waals surface area contributed by atoms with E-state index in [1.807, 2.05) is 24.4 Å². The molecule has 22 heavy (non-hydrogen) atoms. The van der Waals surface area contributed by atoms with Crippen LogP contribution in [0, 0.1) is 6.57 Å². The van der Waals surface area contributed by atoms with Gasteiger partial charge < -0.3 is 9.72 Å². The van der Waals surface area contributed by atoms with Crippen LogP contribution in [0.1, 0.15) is 11.1 Å². The summed E-state index contributed by atoms with van der Waals surface area (Å²) in [5.41, 5.74) is 3.17. The molecule has 3 aromatic rings. The minimum Gasteiger partial charge on any atom is -0.496 e. The molecule has 0 saturated heterocycles. The van der Waals surface area contributed by atoms with Gasteiger partial charge >= 0.3 is 0 Å². The van der Waals surface area contributed by atoms with Gasteiger partial charge in [0.15, 0.2) is 5.70 Å². The summed E-state index contributed by atoms with van der Waals surface area (Å²) in [5.74, 6) is 0.693. The number of fused-ring (bicyclic) bond motifs is 1. The Morgan fingerprint density at radius 3 is 3.05 bits per heavy atom. The fourth-order valence-electron chi connectivity index (χ4n) is 2.32. The Bertz CT molecular complexity index is 906. The molecule has 0 fully saturated rings. The van der Waals surface area contributed by atoms with E-state index in [2.05, 4.69) is 30.7 Å². The van der Waals surface area contributed by atoms with E-state index in [0.29, 0.717) is 11.4 Å². The topological polar surface area (TPSA) is 42.3 Å². The SMILES string of the molecule is [C-]#[N+]/C(=C\c1cnccc1OC)c1c[nH]c2cc(Br)ccc12. The first-order chi connectivity index (χ1) is 10.7. The van der Waals surface area contributed by atoms with Crippen LogP contribution in [0.4, 0.5) is 0 Å². The Morgan fingerprint density at radius 1 is 1.41 bits per heavy atom. The molecule has 3 rings (SSSR count). The summed E-state index contributed by atoms with van der Waals surface area (Å²) in [6.45, 7) is 7.50. The Labute approximate surface area is 136 Å². The summed E-state index contributed by atoms with van der Waals surface area (Å²) in [7, 11) is 1.60. The number of benzene rings is 1. The second-order valence-corrected chi connectivity index (χ2v) is 5.57. The van der Waals surface area contributed by atoms with E-state index in [4.69, 9.17) is 11.3 Å². The number of aromatic amines is 1. The van der Waals surface area contributed by atoms with Crippen LogP contribution in [0.2, 0.25) is 0 Å². The summed E-state index contributed by atoms with van der Waals surface area (Å²) in [6, 6.07) is 7.72. The zero-order chi connectivity index (χ0) is 15.5. The molecule has 0 unspecified atom stereocenters. The first kappa shape index (κ1) is 14.4. The predicted molar refractivity (Wildman–Crippen MR) is 91.3 cm³/mol. The third-order valence-corrected chi connectivity index (χ3v) is 3.86. The minimum atomic E-state index is 0.542. The number of hydrogen-bond acceptors (Lipinski definition) is 2. The Balaban J connectivity index is 2.14. The van der Waals surface area contributed by atoms with Crippen molar-refractivity contribution < 1.29 is 4.74 Å².